The SMILES string of the molecule is Nc1cccc(C(O)(C(=O)O[C@H]2CN3CCC2CC3)c2ccccc2)c1. The summed E-state index contributed by atoms with van der Waals surface area (Å²) in [5.74, 6) is -0.252. The first-order chi connectivity index (χ1) is 12.6. The van der Waals surface area contributed by atoms with Crippen LogP contribution < -0.4 is 5.73 Å². The van der Waals surface area contributed by atoms with Gasteiger partial charge >= 0.3 is 5.97 Å². The van der Waals surface area contributed by atoms with E-state index in [1.54, 1.807) is 48.5 Å². The van der Waals surface area contributed by atoms with Crippen LogP contribution in [0.1, 0.15) is 24.0 Å². The molecular weight excluding hydrogens is 328 g/mol. The number of hydrogen-bond acceptors (Lipinski definition) is 5. The Morgan fingerprint density at radius 3 is 2.38 bits per heavy atom. The average Bonchev–Trinajstić information content (AvgIpc) is 2.69. The Hall–Kier alpha value is -2.37. The predicted octanol–water partition coefficient (Wildman–Crippen LogP) is 2.14. The highest BCUT2D eigenvalue weighted by molar-refractivity contribution is 5.86. The number of piperidine rings is 3. The minimum atomic E-state index is -1.87. The van der Waals surface area contributed by atoms with Crippen LogP contribution in [0.2, 0.25) is 0 Å². The second kappa shape index (κ2) is 6.74. The van der Waals surface area contributed by atoms with E-state index < -0.39 is 11.6 Å². The first-order valence-electron chi connectivity index (χ1n) is 9.15. The van der Waals surface area contributed by atoms with Crippen molar-refractivity contribution in [2.75, 3.05) is 25.4 Å². The van der Waals surface area contributed by atoms with E-state index in [2.05, 4.69) is 4.90 Å². The fourth-order valence-corrected chi connectivity index (χ4v) is 4.11. The monoisotopic (exact) mass is 352 g/mol. The molecule has 0 radical (unpaired) electrons. The molecule has 1 unspecified atom stereocenters. The third-order valence-electron chi connectivity index (χ3n) is 5.65. The van der Waals surface area contributed by atoms with Crippen LogP contribution in [0.3, 0.4) is 0 Å². The van der Waals surface area contributed by atoms with Crippen LogP contribution in [0.25, 0.3) is 0 Å². The van der Waals surface area contributed by atoms with Crippen LogP contribution in [0.4, 0.5) is 5.69 Å². The van der Waals surface area contributed by atoms with Gasteiger partial charge in [0, 0.05) is 17.8 Å². The number of hydrogen-bond donors (Lipinski definition) is 2. The molecule has 5 nitrogen and oxygen atoms in total. The van der Waals surface area contributed by atoms with Gasteiger partial charge in [-0.1, -0.05) is 42.5 Å². The number of nitrogens with zero attached hydrogens (tertiary/aromatic N) is 1. The lowest BCUT2D eigenvalue weighted by Crippen LogP contribution is -2.53. The number of carbonyl (C=O) groups excluding carboxylic acids is 1. The van der Waals surface area contributed by atoms with E-state index in [9.17, 15) is 9.90 Å². The zero-order chi connectivity index (χ0) is 18.1. The highest BCUT2D eigenvalue weighted by Gasteiger charge is 2.45. The molecule has 0 aromatic heterocycles. The fourth-order valence-electron chi connectivity index (χ4n) is 4.11. The third kappa shape index (κ3) is 2.97. The number of esters is 1. The minimum Gasteiger partial charge on any atom is -0.458 e. The van der Waals surface area contributed by atoms with Crippen molar-refractivity contribution in [3.63, 3.8) is 0 Å². The molecule has 3 saturated heterocycles. The van der Waals surface area contributed by atoms with Crippen molar-refractivity contribution in [3.05, 3.63) is 65.7 Å². The van der Waals surface area contributed by atoms with Crippen LogP contribution in [0, 0.1) is 5.92 Å². The number of fused-ring (bicyclic) bond motifs is 3. The molecule has 2 bridgehead atoms. The van der Waals surface area contributed by atoms with Gasteiger partial charge in [-0.05, 0) is 49.5 Å². The Morgan fingerprint density at radius 1 is 1.08 bits per heavy atom. The first kappa shape index (κ1) is 17.1. The van der Waals surface area contributed by atoms with Gasteiger partial charge in [0.2, 0.25) is 5.60 Å². The summed E-state index contributed by atoms with van der Waals surface area (Å²) in [4.78, 5) is 15.5. The largest absolute Gasteiger partial charge is 0.458 e. The number of carbonyl (C=O) groups is 1. The number of aliphatic hydroxyl groups is 1. The van der Waals surface area contributed by atoms with Crippen LogP contribution in [-0.4, -0.2) is 41.7 Å². The summed E-state index contributed by atoms with van der Waals surface area (Å²) in [6, 6.07) is 15.7. The lowest BCUT2D eigenvalue weighted by molar-refractivity contribution is -0.177. The van der Waals surface area contributed by atoms with Gasteiger partial charge in [-0.3, -0.25) is 4.90 Å². The van der Waals surface area contributed by atoms with E-state index in [0.29, 0.717) is 22.7 Å². The predicted molar refractivity (Wildman–Crippen MR) is 99.3 cm³/mol. The van der Waals surface area contributed by atoms with E-state index in [1.807, 2.05) is 6.07 Å². The van der Waals surface area contributed by atoms with Gasteiger partial charge in [0.25, 0.3) is 0 Å². The Balaban J connectivity index is 1.68. The molecule has 136 valence electrons. The Kier molecular flexibility index (Phi) is 4.42. The zero-order valence-electron chi connectivity index (χ0n) is 14.7. The van der Waals surface area contributed by atoms with Gasteiger partial charge < -0.3 is 15.6 Å². The Morgan fingerprint density at radius 2 is 1.77 bits per heavy atom. The summed E-state index contributed by atoms with van der Waals surface area (Å²) < 4.78 is 5.87. The second-order valence-corrected chi connectivity index (χ2v) is 7.28. The van der Waals surface area contributed by atoms with Crippen molar-refractivity contribution in [1.82, 2.24) is 4.90 Å². The lowest BCUT2D eigenvalue weighted by Gasteiger charge is -2.44. The van der Waals surface area contributed by atoms with Gasteiger partial charge in [0.15, 0.2) is 0 Å². The van der Waals surface area contributed by atoms with E-state index in [4.69, 9.17) is 10.5 Å². The summed E-state index contributed by atoms with van der Waals surface area (Å²) in [5.41, 5.74) is 5.43. The van der Waals surface area contributed by atoms with Gasteiger partial charge in [0.05, 0.1) is 0 Å². The summed E-state index contributed by atoms with van der Waals surface area (Å²) in [6.07, 6.45) is 1.92. The molecule has 2 aromatic rings. The summed E-state index contributed by atoms with van der Waals surface area (Å²) in [6.45, 7) is 2.88. The molecule has 3 heterocycles. The van der Waals surface area contributed by atoms with E-state index in [-0.39, 0.29) is 6.10 Å². The molecule has 2 aromatic carbocycles. The molecule has 5 heteroatoms. The van der Waals surface area contributed by atoms with Gasteiger partial charge in [-0.15, -0.1) is 0 Å². The molecule has 0 saturated carbocycles. The molecule has 26 heavy (non-hydrogen) atoms. The van der Waals surface area contributed by atoms with Crippen LogP contribution in [0.5, 0.6) is 0 Å². The van der Waals surface area contributed by atoms with Gasteiger partial charge in [-0.2, -0.15) is 0 Å². The third-order valence-corrected chi connectivity index (χ3v) is 5.65. The number of benzene rings is 2. The molecule has 0 spiro atoms. The number of ether oxygens (including phenoxy) is 1. The molecular formula is C21H24N2O3. The normalized spacial score (nSPS) is 26.9. The van der Waals surface area contributed by atoms with Crippen molar-refractivity contribution in [2.45, 2.75) is 24.5 Å². The van der Waals surface area contributed by atoms with E-state index >= 15 is 0 Å². The van der Waals surface area contributed by atoms with E-state index in [1.165, 1.54) is 0 Å². The molecule has 0 aliphatic carbocycles. The number of anilines is 1. The van der Waals surface area contributed by atoms with Crippen LogP contribution in [0.15, 0.2) is 54.6 Å². The molecule has 5 rings (SSSR count). The van der Waals surface area contributed by atoms with Crippen molar-refractivity contribution < 1.29 is 14.6 Å². The molecule has 0 amide bonds. The maximum absolute atomic E-state index is 13.2. The first-order valence-corrected chi connectivity index (χ1v) is 9.15. The molecule has 3 fully saturated rings. The number of nitrogens with two attached hydrogens (primary N) is 1. The topological polar surface area (TPSA) is 75.8 Å². The smallest absolute Gasteiger partial charge is 0.348 e. The molecule has 3 aliphatic heterocycles. The highest BCUT2D eigenvalue weighted by atomic mass is 16.6. The van der Waals surface area contributed by atoms with Gasteiger partial charge in [0.1, 0.15) is 6.10 Å². The fraction of sp³-hybridized carbons (Fsp3) is 0.381. The number of rotatable bonds is 4. The Labute approximate surface area is 153 Å². The second-order valence-electron chi connectivity index (χ2n) is 7.28. The molecule has 3 N–H and O–H groups in total. The van der Waals surface area contributed by atoms with Crippen LogP contribution >= 0.6 is 0 Å². The quantitative estimate of drug-likeness (QED) is 0.651. The van der Waals surface area contributed by atoms with Gasteiger partial charge in [-0.25, -0.2) is 4.79 Å². The minimum absolute atomic E-state index is 0.165. The Bertz CT molecular complexity index is 787. The molecule has 2 atom stereocenters. The lowest BCUT2D eigenvalue weighted by atomic mass is 9.84. The summed E-state index contributed by atoms with van der Waals surface area (Å²) in [7, 11) is 0. The maximum atomic E-state index is 13.2. The maximum Gasteiger partial charge on any atom is 0.348 e. The average molecular weight is 352 g/mol. The summed E-state index contributed by atoms with van der Waals surface area (Å²) in [5, 5.41) is 11.5. The van der Waals surface area contributed by atoms with Crippen molar-refractivity contribution in [1.29, 1.82) is 0 Å². The molecule has 3 aliphatic rings. The van der Waals surface area contributed by atoms with Crippen molar-refractivity contribution >= 4 is 11.7 Å². The van der Waals surface area contributed by atoms with Crippen molar-refractivity contribution in [3.8, 4) is 0 Å². The zero-order valence-corrected chi connectivity index (χ0v) is 14.7. The highest BCUT2D eigenvalue weighted by Crippen LogP contribution is 2.35. The standard InChI is InChI=1S/C21H24N2O3/c22-18-8-4-7-17(13-18)21(25,16-5-2-1-3-6-16)20(24)26-19-14-23-11-9-15(19)10-12-23/h1-8,13,15,19,25H,9-12,14,22H2/t19-,21?/m0/s1. The van der Waals surface area contributed by atoms with Crippen molar-refractivity contribution in [2.24, 2.45) is 5.92 Å². The number of nitrogen functional groups attached to an aromatic ring is 1. The summed E-state index contributed by atoms with van der Waals surface area (Å²) >= 11 is 0. The van der Waals surface area contributed by atoms with E-state index in [0.717, 1.165) is 32.5 Å². The van der Waals surface area contributed by atoms with Crippen LogP contribution in [-0.2, 0) is 15.1 Å².